The molecule has 0 aliphatic heterocycles. The number of ketones is 1. The minimum absolute atomic E-state index is 0.0617. The van der Waals surface area contributed by atoms with Crippen LogP contribution in [0.15, 0.2) is 42.5 Å². The van der Waals surface area contributed by atoms with Gasteiger partial charge in [-0.05, 0) is 86.9 Å². The van der Waals surface area contributed by atoms with Gasteiger partial charge in [0.05, 0.1) is 23.3 Å². The van der Waals surface area contributed by atoms with Gasteiger partial charge in [-0.3, -0.25) is 4.79 Å². The summed E-state index contributed by atoms with van der Waals surface area (Å²) in [5.41, 5.74) is 2.95. The summed E-state index contributed by atoms with van der Waals surface area (Å²) in [6.07, 6.45) is 2.42. The average molecular weight is 510 g/mol. The van der Waals surface area contributed by atoms with Crippen LogP contribution in [0.3, 0.4) is 0 Å². The van der Waals surface area contributed by atoms with Gasteiger partial charge in [0, 0.05) is 23.4 Å². The summed E-state index contributed by atoms with van der Waals surface area (Å²) >= 11 is 6.86. The molecule has 3 aromatic rings. The lowest BCUT2D eigenvalue weighted by molar-refractivity contribution is -0.123. The molecule has 1 aromatic heterocycles. The van der Waals surface area contributed by atoms with Crippen LogP contribution in [0.4, 0.5) is 0 Å². The third-order valence-electron chi connectivity index (χ3n) is 7.14. The van der Waals surface area contributed by atoms with Gasteiger partial charge in [0.15, 0.2) is 5.69 Å². The number of halogens is 1. The van der Waals surface area contributed by atoms with E-state index < -0.39 is 5.97 Å². The van der Waals surface area contributed by atoms with E-state index in [0.29, 0.717) is 17.4 Å². The van der Waals surface area contributed by atoms with Crippen molar-refractivity contribution in [1.82, 2.24) is 4.57 Å². The van der Waals surface area contributed by atoms with Gasteiger partial charge in [0.25, 0.3) is 0 Å². The van der Waals surface area contributed by atoms with Crippen LogP contribution in [0.2, 0.25) is 5.02 Å². The van der Waals surface area contributed by atoms with E-state index in [4.69, 9.17) is 21.1 Å². The molecule has 192 valence electrons. The van der Waals surface area contributed by atoms with Crippen LogP contribution in [-0.4, -0.2) is 29.0 Å². The number of nitrogens with zero attached hydrogens (tertiary/aromatic N) is 1. The molecule has 0 spiro atoms. The van der Waals surface area contributed by atoms with Gasteiger partial charge in [-0.15, -0.1) is 0 Å². The zero-order valence-electron chi connectivity index (χ0n) is 22.1. The van der Waals surface area contributed by atoms with Crippen molar-refractivity contribution in [3.05, 3.63) is 58.7 Å². The molecule has 6 heteroatoms. The zero-order chi connectivity index (χ0) is 26.2. The Morgan fingerprint density at radius 3 is 2.44 bits per heavy atom. The fourth-order valence-corrected chi connectivity index (χ4v) is 5.53. The van der Waals surface area contributed by atoms with Gasteiger partial charge in [-0.1, -0.05) is 38.4 Å². The minimum Gasteiger partial charge on any atom is -0.491 e. The summed E-state index contributed by atoms with van der Waals surface area (Å²) in [6.45, 7) is 12.7. The summed E-state index contributed by atoms with van der Waals surface area (Å²) in [7, 11) is 0. The fraction of sp³-hybridized carbons (Fsp3) is 0.467. The van der Waals surface area contributed by atoms with E-state index in [1.165, 1.54) is 0 Å². The van der Waals surface area contributed by atoms with E-state index in [1.54, 1.807) is 6.92 Å². The van der Waals surface area contributed by atoms with Crippen molar-refractivity contribution >= 4 is 34.3 Å². The fourth-order valence-electron chi connectivity index (χ4n) is 5.21. The van der Waals surface area contributed by atoms with Gasteiger partial charge >= 0.3 is 5.97 Å². The third-order valence-corrected chi connectivity index (χ3v) is 7.52. The predicted molar refractivity (Wildman–Crippen MR) is 145 cm³/mol. The molecule has 1 fully saturated rings. The van der Waals surface area contributed by atoms with Crippen LogP contribution in [0.1, 0.15) is 82.8 Å². The highest BCUT2D eigenvalue weighted by molar-refractivity contribution is 6.38. The third kappa shape index (κ3) is 5.17. The number of rotatable bonds is 6. The van der Waals surface area contributed by atoms with Crippen LogP contribution in [0, 0.1) is 11.3 Å². The van der Waals surface area contributed by atoms with E-state index in [1.807, 2.05) is 60.9 Å². The number of ether oxygens (including phenoxy) is 2. The summed E-state index contributed by atoms with van der Waals surface area (Å²) in [5.74, 6) is 0.851. The molecule has 4 rings (SSSR count). The highest BCUT2D eigenvalue weighted by Crippen LogP contribution is 2.44. The van der Waals surface area contributed by atoms with Crippen LogP contribution < -0.4 is 4.74 Å². The van der Waals surface area contributed by atoms with Crippen LogP contribution in [0.5, 0.6) is 5.75 Å². The van der Waals surface area contributed by atoms with E-state index >= 15 is 0 Å². The molecule has 36 heavy (non-hydrogen) atoms. The smallest absolute Gasteiger partial charge is 0.356 e. The average Bonchev–Trinajstić information content (AvgIpc) is 3.11. The molecule has 0 radical (unpaired) electrons. The molecule has 0 saturated heterocycles. The number of carbonyl (C=O) groups is 2. The van der Waals surface area contributed by atoms with Gasteiger partial charge < -0.3 is 14.0 Å². The topological polar surface area (TPSA) is 57.5 Å². The van der Waals surface area contributed by atoms with Crippen LogP contribution in [-0.2, 0) is 9.53 Å². The Hall–Kier alpha value is -2.79. The maximum absolute atomic E-state index is 13.0. The second kappa shape index (κ2) is 10.3. The molecule has 0 amide bonds. The summed E-state index contributed by atoms with van der Waals surface area (Å²) in [4.78, 5) is 26.0. The molecule has 2 unspecified atom stereocenters. The first-order valence-electron chi connectivity index (χ1n) is 12.8. The Balaban J connectivity index is 1.82. The largest absolute Gasteiger partial charge is 0.491 e. The molecule has 1 heterocycles. The van der Waals surface area contributed by atoms with Crippen molar-refractivity contribution < 1.29 is 19.1 Å². The summed E-state index contributed by atoms with van der Waals surface area (Å²) in [6, 6.07) is 13.5. The second-order valence-electron chi connectivity index (χ2n) is 11.0. The summed E-state index contributed by atoms with van der Waals surface area (Å²) < 4.78 is 13.0. The Kier molecular flexibility index (Phi) is 7.51. The lowest BCUT2D eigenvalue weighted by Gasteiger charge is -2.37. The van der Waals surface area contributed by atoms with E-state index in [-0.39, 0.29) is 35.5 Å². The number of benzene rings is 2. The first kappa shape index (κ1) is 26.3. The molecule has 0 N–H and O–H groups in total. The van der Waals surface area contributed by atoms with Gasteiger partial charge in [0.2, 0.25) is 0 Å². The van der Waals surface area contributed by atoms with Crippen molar-refractivity contribution in [2.45, 2.75) is 72.8 Å². The first-order valence-corrected chi connectivity index (χ1v) is 13.2. The molecule has 0 bridgehead atoms. The lowest BCUT2D eigenvalue weighted by Crippen LogP contribution is -2.30. The highest BCUT2D eigenvalue weighted by Gasteiger charge is 2.36. The molecular weight excluding hydrogens is 474 g/mol. The number of Topliss-reactive ketones (excluding diaryl/α,β-unsaturated/α-hetero) is 1. The van der Waals surface area contributed by atoms with E-state index in [0.717, 1.165) is 40.7 Å². The first-order chi connectivity index (χ1) is 17.0. The monoisotopic (exact) mass is 509 g/mol. The maximum atomic E-state index is 13.0. The Morgan fingerprint density at radius 1 is 1.14 bits per heavy atom. The Bertz CT molecular complexity index is 1270. The number of carbonyl (C=O) groups excluding carboxylic acids is 2. The van der Waals surface area contributed by atoms with E-state index in [9.17, 15) is 9.59 Å². The van der Waals surface area contributed by atoms with Crippen molar-refractivity contribution in [1.29, 1.82) is 0 Å². The quantitative estimate of drug-likeness (QED) is 0.319. The van der Waals surface area contributed by atoms with Gasteiger partial charge in [-0.25, -0.2) is 4.79 Å². The minimum atomic E-state index is -0.482. The van der Waals surface area contributed by atoms with Crippen molar-refractivity contribution in [3.8, 4) is 11.4 Å². The number of fused-ring (bicyclic) bond motifs is 1. The van der Waals surface area contributed by atoms with Crippen molar-refractivity contribution in [3.63, 3.8) is 0 Å². The lowest BCUT2D eigenvalue weighted by atomic mass is 9.67. The van der Waals surface area contributed by atoms with Gasteiger partial charge in [-0.2, -0.15) is 0 Å². The summed E-state index contributed by atoms with van der Waals surface area (Å²) in [5, 5.41) is 1.08. The molecule has 1 saturated carbocycles. The zero-order valence-corrected chi connectivity index (χ0v) is 22.8. The number of aromatic nitrogens is 1. The van der Waals surface area contributed by atoms with Crippen LogP contribution >= 0.6 is 11.6 Å². The number of hydrogen-bond donors (Lipinski definition) is 0. The molecule has 1 aliphatic rings. The highest BCUT2D eigenvalue weighted by atomic mass is 35.5. The molecule has 2 atom stereocenters. The van der Waals surface area contributed by atoms with Crippen molar-refractivity contribution in [2.24, 2.45) is 11.3 Å². The SMILES string of the molecule is CCOC(=O)c1c(Cl)c2cc(C3CC(C(C)(C)C)CCC3=O)ccc2n1-c1ccc(OC(C)C)cc1. The Labute approximate surface area is 218 Å². The second-order valence-corrected chi connectivity index (χ2v) is 11.4. The molecular formula is C30H36ClNO4. The Morgan fingerprint density at radius 2 is 1.83 bits per heavy atom. The molecule has 1 aliphatic carbocycles. The molecule has 5 nitrogen and oxygen atoms in total. The standard InChI is InChI=1S/C30H36ClNO4/c1-7-35-29(34)28-27(31)24-16-19(23-17-20(30(4,5)6)9-15-26(23)33)8-14-25(24)32(28)21-10-12-22(13-11-21)36-18(2)3/h8,10-14,16,18,20,23H,7,9,15,17H2,1-6H3. The van der Waals surface area contributed by atoms with Crippen molar-refractivity contribution in [2.75, 3.05) is 6.61 Å². The van der Waals surface area contributed by atoms with E-state index in [2.05, 4.69) is 20.8 Å². The van der Waals surface area contributed by atoms with Crippen LogP contribution in [0.25, 0.3) is 16.6 Å². The predicted octanol–water partition coefficient (Wildman–Crippen LogP) is 7.75. The maximum Gasteiger partial charge on any atom is 0.356 e. The normalized spacial score (nSPS) is 18.6. The molecule has 2 aromatic carbocycles. The van der Waals surface area contributed by atoms with Gasteiger partial charge in [0.1, 0.15) is 11.5 Å². The number of hydrogen-bond acceptors (Lipinski definition) is 4. The number of esters is 1.